The fourth-order valence-electron chi connectivity index (χ4n) is 13.3. The maximum absolute atomic E-state index is 14.2. The summed E-state index contributed by atoms with van der Waals surface area (Å²) in [7, 11) is 0. The highest BCUT2D eigenvalue weighted by Crippen LogP contribution is 2.52. The van der Waals surface area contributed by atoms with Crippen LogP contribution in [0.5, 0.6) is 0 Å². The number of hydrogen-bond acceptors (Lipinski definition) is 9. The van der Waals surface area contributed by atoms with Gasteiger partial charge < -0.3 is 0 Å². The Morgan fingerprint density at radius 1 is 0.222 bits per heavy atom. The van der Waals surface area contributed by atoms with Gasteiger partial charge >= 0.3 is 0 Å². The van der Waals surface area contributed by atoms with Gasteiger partial charge in [0.1, 0.15) is 0 Å². The molecule has 9 heterocycles. The summed E-state index contributed by atoms with van der Waals surface area (Å²) in [5.74, 6) is 0.301. The Morgan fingerprint density at radius 3 is 0.600 bits per heavy atom. The predicted molar refractivity (Wildman–Crippen MR) is 353 cm³/mol. The zero-order valence-electron chi connectivity index (χ0n) is 49.4. The number of anilines is 6. The van der Waals surface area contributed by atoms with E-state index in [1.165, 1.54) is 0 Å². The van der Waals surface area contributed by atoms with Crippen molar-refractivity contribution in [2.24, 2.45) is 0 Å². The standard InChI is InChI=1S/3C26H21N3O/c3*30-25-26(18-20-10-14-27-15-11-20,19-21-12-16-28-17-13-21)23-8-4-5-9-24(23)29(25)22-6-2-1-3-7-22/h3*1-17H,18-19H2. The molecule has 0 fully saturated rings. The van der Waals surface area contributed by atoms with E-state index in [4.69, 9.17) is 0 Å². The van der Waals surface area contributed by atoms with Crippen molar-refractivity contribution in [1.82, 2.24) is 29.9 Å². The Morgan fingerprint density at radius 2 is 0.400 bits per heavy atom. The van der Waals surface area contributed by atoms with E-state index in [9.17, 15) is 14.4 Å². The molecule has 0 saturated carbocycles. The van der Waals surface area contributed by atoms with E-state index in [2.05, 4.69) is 48.1 Å². The number of amides is 3. The molecule has 6 aromatic heterocycles. The average Bonchev–Trinajstić information content (AvgIpc) is 1.61. The van der Waals surface area contributed by atoms with Crippen molar-refractivity contribution in [2.75, 3.05) is 14.7 Å². The summed E-state index contributed by atoms with van der Waals surface area (Å²) >= 11 is 0. The van der Waals surface area contributed by atoms with Crippen LogP contribution in [0.2, 0.25) is 0 Å². The van der Waals surface area contributed by atoms with Crippen molar-refractivity contribution in [2.45, 2.75) is 54.8 Å². The van der Waals surface area contributed by atoms with E-state index in [-0.39, 0.29) is 17.7 Å². The molecule has 3 aliphatic rings. The van der Waals surface area contributed by atoms with Gasteiger partial charge in [0.05, 0.1) is 33.3 Å². The molecule has 438 valence electrons. The number of carbonyl (C=O) groups excluding carboxylic acids is 3. The lowest BCUT2D eigenvalue weighted by Gasteiger charge is -2.29. The summed E-state index contributed by atoms with van der Waals surface area (Å²) in [5.41, 5.74) is 13.2. The van der Waals surface area contributed by atoms with Gasteiger partial charge in [0, 0.05) is 91.4 Å². The number of pyridine rings is 6. The topological polar surface area (TPSA) is 138 Å². The van der Waals surface area contributed by atoms with Gasteiger partial charge in [-0.25, -0.2) is 0 Å². The molecule has 90 heavy (non-hydrogen) atoms. The van der Waals surface area contributed by atoms with Gasteiger partial charge in [-0.2, -0.15) is 0 Å². The summed E-state index contributed by atoms with van der Waals surface area (Å²) in [5, 5.41) is 0. The number of para-hydroxylation sites is 6. The van der Waals surface area contributed by atoms with Gasteiger partial charge in [-0.3, -0.25) is 59.0 Å². The minimum atomic E-state index is -0.699. The monoisotopic (exact) mass is 1170 g/mol. The molecule has 0 N–H and O–H groups in total. The van der Waals surface area contributed by atoms with Gasteiger partial charge in [-0.1, -0.05) is 109 Å². The number of nitrogens with zero attached hydrogens (tertiary/aromatic N) is 9. The molecule has 0 saturated heterocycles. The zero-order valence-corrected chi connectivity index (χ0v) is 49.4. The molecule has 12 heteroatoms. The van der Waals surface area contributed by atoms with Gasteiger partial charge in [0.25, 0.3) is 0 Å². The molecular formula is C78H63N9O3. The number of carbonyl (C=O) groups is 3. The van der Waals surface area contributed by atoms with Crippen molar-refractivity contribution >= 4 is 51.8 Å². The fourth-order valence-corrected chi connectivity index (χ4v) is 13.3. The van der Waals surface area contributed by atoms with Gasteiger partial charge in [-0.05, 0) is 216 Å². The Labute approximate surface area is 524 Å². The van der Waals surface area contributed by atoms with Gasteiger partial charge in [0.2, 0.25) is 17.7 Å². The van der Waals surface area contributed by atoms with Gasteiger partial charge in [-0.15, -0.1) is 0 Å². The van der Waals surface area contributed by atoms with Crippen LogP contribution in [0.1, 0.15) is 50.1 Å². The molecule has 15 rings (SSSR count). The highest BCUT2D eigenvalue weighted by Gasteiger charge is 2.54. The van der Waals surface area contributed by atoms with Crippen LogP contribution in [0.25, 0.3) is 0 Å². The van der Waals surface area contributed by atoms with E-state index in [0.29, 0.717) is 38.5 Å². The highest BCUT2D eigenvalue weighted by atomic mass is 16.2. The molecule has 0 unspecified atom stereocenters. The van der Waals surface area contributed by atoms with Crippen LogP contribution in [0.3, 0.4) is 0 Å². The predicted octanol–water partition coefficient (Wildman–Crippen LogP) is 14.6. The summed E-state index contributed by atoms with van der Waals surface area (Å²) in [6.07, 6.45) is 25.1. The first-order valence-corrected chi connectivity index (χ1v) is 30.1. The third kappa shape index (κ3) is 11.5. The Kier molecular flexibility index (Phi) is 16.6. The minimum absolute atomic E-state index is 0.100. The van der Waals surface area contributed by atoms with Crippen LogP contribution in [0, 0.1) is 0 Å². The van der Waals surface area contributed by atoms with E-state index in [1.807, 2.05) is 233 Å². The lowest BCUT2D eigenvalue weighted by Crippen LogP contribution is -2.42. The molecule has 0 atom stereocenters. The highest BCUT2D eigenvalue weighted by molar-refractivity contribution is 6.15. The van der Waals surface area contributed by atoms with Crippen molar-refractivity contribution in [3.05, 3.63) is 361 Å². The molecule has 0 radical (unpaired) electrons. The SMILES string of the molecule is O=C1N(c2ccccc2)c2ccccc2C1(Cc1ccncc1)Cc1ccncc1.O=C1N(c2ccccc2)c2ccccc2C1(Cc1ccncc1)Cc1ccncc1.O=C1N(c2ccccc2)c2ccccc2C1(Cc1ccncc1)Cc1ccncc1. The lowest BCUT2D eigenvalue weighted by atomic mass is 9.72. The third-order valence-corrected chi connectivity index (χ3v) is 17.4. The maximum atomic E-state index is 14.2. The van der Waals surface area contributed by atoms with Crippen LogP contribution in [-0.4, -0.2) is 47.6 Å². The maximum Gasteiger partial charge on any atom is 0.242 e. The molecule has 0 spiro atoms. The molecule has 12 aromatic rings. The number of rotatable bonds is 15. The molecule has 3 aliphatic heterocycles. The normalized spacial score (nSPS) is 14.5. The third-order valence-electron chi connectivity index (χ3n) is 17.4. The number of hydrogen-bond donors (Lipinski definition) is 0. The molecule has 12 nitrogen and oxygen atoms in total. The number of benzene rings is 6. The number of fused-ring (bicyclic) bond motifs is 3. The Balaban J connectivity index is 0.000000124. The summed E-state index contributed by atoms with van der Waals surface area (Å²) in [4.78, 5) is 73.1. The second kappa shape index (κ2) is 25.9. The number of aromatic nitrogens is 6. The molecule has 0 bridgehead atoms. The smallest absolute Gasteiger partial charge is 0.242 e. The van der Waals surface area contributed by atoms with Crippen LogP contribution in [0.15, 0.2) is 311 Å². The van der Waals surface area contributed by atoms with Crippen molar-refractivity contribution in [3.8, 4) is 0 Å². The summed E-state index contributed by atoms with van der Waals surface area (Å²) in [6, 6.07) is 78.1. The Hall–Kier alpha value is -11.4. The molecular weight excluding hydrogens is 1110 g/mol. The second-order valence-corrected chi connectivity index (χ2v) is 22.9. The second-order valence-electron chi connectivity index (χ2n) is 22.9. The Bertz CT molecular complexity index is 3810. The lowest BCUT2D eigenvalue weighted by molar-refractivity contribution is -0.123. The largest absolute Gasteiger partial charge is 0.280 e. The van der Waals surface area contributed by atoms with E-state index in [0.717, 1.165) is 84.2 Å². The van der Waals surface area contributed by atoms with Crippen LogP contribution in [0.4, 0.5) is 34.1 Å². The molecule has 0 aliphatic carbocycles. The van der Waals surface area contributed by atoms with Gasteiger partial charge in [0.15, 0.2) is 0 Å². The van der Waals surface area contributed by atoms with Crippen molar-refractivity contribution in [3.63, 3.8) is 0 Å². The first-order chi connectivity index (χ1) is 44.3. The van der Waals surface area contributed by atoms with E-state index < -0.39 is 16.2 Å². The molecule has 6 aromatic carbocycles. The van der Waals surface area contributed by atoms with Crippen LogP contribution < -0.4 is 14.7 Å². The fraction of sp³-hybridized carbons (Fsp3) is 0.115. The average molecular weight is 1170 g/mol. The van der Waals surface area contributed by atoms with Crippen molar-refractivity contribution < 1.29 is 14.4 Å². The quantitative estimate of drug-likeness (QED) is 0.0982. The summed E-state index contributed by atoms with van der Waals surface area (Å²) < 4.78 is 0. The van der Waals surface area contributed by atoms with E-state index >= 15 is 0 Å². The zero-order chi connectivity index (χ0) is 61.2. The first-order valence-electron chi connectivity index (χ1n) is 30.1. The van der Waals surface area contributed by atoms with E-state index in [1.54, 1.807) is 74.4 Å². The molecule has 3 amide bonds. The summed E-state index contributed by atoms with van der Waals surface area (Å²) in [6.45, 7) is 0. The van der Waals surface area contributed by atoms with Crippen LogP contribution in [-0.2, 0) is 69.2 Å². The minimum Gasteiger partial charge on any atom is -0.280 e. The van der Waals surface area contributed by atoms with Crippen LogP contribution >= 0.6 is 0 Å². The first kappa shape index (κ1) is 57.7. The van der Waals surface area contributed by atoms with Crippen molar-refractivity contribution in [1.29, 1.82) is 0 Å².